The van der Waals surface area contributed by atoms with Gasteiger partial charge >= 0.3 is 5.97 Å². The molecule has 1 aliphatic rings. The molecule has 1 aromatic rings. The standard InChI is InChI=1S/C16H23NO3.ClH/c1-19-15-5-3-14(4-6-15)12-17-9-7-13(8-10-17)11-16(18)20-2;/h3-6,13H,7-12H2,1-2H3;1H. The number of halogens is 1. The van der Waals surface area contributed by atoms with Crippen LogP contribution in [0, 0.1) is 5.92 Å². The van der Waals surface area contributed by atoms with E-state index >= 15 is 0 Å². The number of hydrogen-bond acceptors (Lipinski definition) is 4. The molecular formula is C16H24ClNO3. The predicted octanol–water partition coefficient (Wildman–Crippen LogP) is 2.89. The molecule has 1 aromatic carbocycles. The molecule has 0 bridgehead atoms. The zero-order valence-electron chi connectivity index (χ0n) is 12.7. The van der Waals surface area contributed by atoms with Crippen LogP contribution in [0.4, 0.5) is 0 Å². The van der Waals surface area contributed by atoms with Gasteiger partial charge in [-0.05, 0) is 49.5 Å². The second-order valence-electron chi connectivity index (χ2n) is 5.35. The minimum absolute atomic E-state index is 0. The summed E-state index contributed by atoms with van der Waals surface area (Å²) in [6.07, 6.45) is 2.71. The summed E-state index contributed by atoms with van der Waals surface area (Å²) < 4.78 is 9.90. The summed E-state index contributed by atoms with van der Waals surface area (Å²) in [4.78, 5) is 13.7. The molecule has 0 spiro atoms. The summed E-state index contributed by atoms with van der Waals surface area (Å²) in [6.45, 7) is 3.07. The van der Waals surface area contributed by atoms with Crippen LogP contribution in [0.2, 0.25) is 0 Å². The van der Waals surface area contributed by atoms with E-state index in [4.69, 9.17) is 9.47 Å². The molecule has 4 nitrogen and oxygen atoms in total. The number of carbonyl (C=O) groups is 1. The van der Waals surface area contributed by atoms with Crippen molar-refractivity contribution in [2.24, 2.45) is 5.92 Å². The highest BCUT2D eigenvalue weighted by molar-refractivity contribution is 5.85. The van der Waals surface area contributed by atoms with Gasteiger partial charge in [-0.15, -0.1) is 12.4 Å². The Morgan fingerprint density at radius 1 is 1.19 bits per heavy atom. The van der Waals surface area contributed by atoms with Crippen molar-refractivity contribution in [1.29, 1.82) is 0 Å². The minimum atomic E-state index is -0.0846. The summed E-state index contributed by atoms with van der Waals surface area (Å²) >= 11 is 0. The first-order valence-corrected chi connectivity index (χ1v) is 7.13. The Balaban J connectivity index is 0.00000220. The van der Waals surface area contributed by atoms with Crippen LogP contribution in [-0.4, -0.2) is 38.2 Å². The number of likely N-dealkylation sites (tertiary alicyclic amines) is 1. The number of methoxy groups -OCH3 is 2. The fourth-order valence-corrected chi connectivity index (χ4v) is 2.66. The number of ether oxygens (including phenoxy) is 2. The first kappa shape index (κ1) is 17.8. The van der Waals surface area contributed by atoms with Crippen LogP contribution >= 0.6 is 12.4 Å². The van der Waals surface area contributed by atoms with Gasteiger partial charge in [0, 0.05) is 13.0 Å². The largest absolute Gasteiger partial charge is 0.497 e. The number of nitrogens with zero attached hydrogens (tertiary/aromatic N) is 1. The number of piperidine rings is 1. The van der Waals surface area contributed by atoms with Gasteiger partial charge in [-0.1, -0.05) is 12.1 Å². The van der Waals surface area contributed by atoms with Crippen LogP contribution in [0.15, 0.2) is 24.3 Å². The molecule has 0 amide bonds. The molecule has 0 saturated carbocycles. The van der Waals surface area contributed by atoms with Gasteiger partial charge in [0.1, 0.15) is 5.75 Å². The Bertz CT molecular complexity index is 428. The molecule has 118 valence electrons. The van der Waals surface area contributed by atoms with Gasteiger partial charge in [0.25, 0.3) is 0 Å². The lowest BCUT2D eigenvalue weighted by Gasteiger charge is -2.31. The van der Waals surface area contributed by atoms with Crippen molar-refractivity contribution in [3.8, 4) is 5.75 Å². The Labute approximate surface area is 132 Å². The quantitative estimate of drug-likeness (QED) is 0.784. The second kappa shape index (κ2) is 8.90. The number of benzene rings is 1. The third-order valence-corrected chi connectivity index (χ3v) is 3.96. The summed E-state index contributed by atoms with van der Waals surface area (Å²) in [7, 11) is 3.14. The zero-order valence-corrected chi connectivity index (χ0v) is 13.5. The predicted molar refractivity (Wildman–Crippen MR) is 84.9 cm³/mol. The van der Waals surface area contributed by atoms with Crippen LogP contribution in [0.25, 0.3) is 0 Å². The third kappa shape index (κ3) is 5.56. The van der Waals surface area contributed by atoms with E-state index in [1.807, 2.05) is 12.1 Å². The molecule has 1 fully saturated rings. The number of rotatable bonds is 5. The molecule has 1 aliphatic heterocycles. The smallest absolute Gasteiger partial charge is 0.305 e. The van der Waals surface area contributed by atoms with E-state index in [9.17, 15) is 4.79 Å². The van der Waals surface area contributed by atoms with Crippen molar-refractivity contribution in [3.63, 3.8) is 0 Å². The van der Waals surface area contributed by atoms with Crippen molar-refractivity contribution >= 4 is 18.4 Å². The lowest BCUT2D eigenvalue weighted by molar-refractivity contribution is -0.142. The Hall–Kier alpha value is -1.26. The van der Waals surface area contributed by atoms with Gasteiger partial charge < -0.3 is 9.47 Å². The third-order valence-electron chi connectivity index (χ3n) is 3.96. The zero-order chi connectivity index (χ0) is 14.4. The van der Waals surface area contributed by atoms with Crippen LogP contribution in [0.5, 0.6) is 5.75 Å². The second-order valence-corrected chi connectivity index (χ2v) is 5.35. The van der Waals surface area contributed by atoms with E-state index in [2.05, 4.69) is 17.0 Å². The Kier molecular flexibility index (Phi) is 7.54. The van der Waals surface area contributed by atoms with E-state index in [0.717, 1.165) is 38.2 Å². The molecule has 0 N–H and O–H groups in total. The van der Waals surface area contributed by atoms with Gasteiger partial charge in [-0.25, -0.2) is 0 Å². The molecule has 0 radical (unpaired) electrons. The van der Waals surface area contributed by atoms with E-state index < -0.39 is 0 Å². The monoisotopic (exact) mass is 313 g/mol. The maximum absolute atomic E-state index is 11.3. The van der Waals surface area contributed by atoms with Crippen molar-refractivity contribution < 1.29 is 14.3 Å². The number of hydrogen-bond donors (Lipinski definition) is 0. The fraction of sp³-hybridized carbons (Fsp3) is 0.562. The average Bonchev–Trinajstić information content (AvgIpc) is 2.50. The van der Waals surface area contributed by atoms with Gasteiger partial charge in [-0.3, -0.25) is 9.69 Å². The molecule has 21 heavy (non-hydrogen) atoms. The van der Waals surface area contributed by atoms with Gasteiger partial charge in [0.2, 0.25) is 0 Å². The van der Waals surface area contributed by atoms with Crippen molar-refractivity contribution in [3.05, 3.63) is 29.8 Å². The Morgan fingerprint density at radius 3 is 2.33 bits per heavy atom. The van der Waals surface area contributed by atoms with Crippen molar-refractivity contribution in [1.82, 2.24) is 4.90 Å². The summed E-state index contributed by atoms with van der Waals surface area (Å²) in [6, 6.07) is 8.22. The van der Waals surface area contributed by atoms with Gasteiger partial charge in [-0.2, -0.15) is 0 Å². The molecule has 0 aliphatic carbocycles. The summed E-state index contributed by atoms with van der Waals surface area (Å²) in [5.74, 6) is 1.29. The van der Waals surface area contributed by atoms with E-state index in [0.29, 0.717) is 12.3 Å². The fourth-order valence-electron chi connectivity index (χ4n) is 2.66. The highest BCUT2D eigenvalue weighted by Gasteiger charge is 2.21. The molecule has 5 heteroatoms. The van der Waals surface area contributed by atoms with Crippen LogP contribution < -0.4 is 4.74 Å². The molecule has 2 rings (SSSR count). The van der Waals surface area contributed by atoms with Crippen molar-refractivity contribution in [2.75, 3.05) is 27.3 Å². The topological polar surface area (TPSA) is 38.8 Å². The highest BCUT2D eigenvalue weighted by atomic mass is 35.5. The molecule has 0 unspecified atom stereocenters. The lowest BCUT2D eigenvalue weighted by atomic mass is 9.93. The lowest BCUT2D eigenvalue weighted by Crippen LogP contribution is -2.34. The van der Waals surface area contributed by atoms with E-state index in [-0.39, 0.29) is 18.4 Å². The molecule has 1 saturated heterocycles. The molecule has 1 heterocycles. The molecular weight excluding hydrogens is 290 g/mol. The Morgan fingerprint density at radius 2 is 1.81 bits per heavy atom. The average molecular weight is 314 g/mol. The SMILES string of the molecule is COC(=O)CC1CCN(Cc2ccc(OC)cc2)CC1.Cl. The molecule has 0 atom stereocenters. The van der Waals surface area contributed by atoms with Crippen LogP contribution in [-0.2, 0) is 16.1 Å². The minimum Gasteiger partial charge on any atom is -0.497 e. The number of esters is 1. The normalized spacial score (nSPS) is 16.1. The molecule has 0 aromatic heterocycles. The van der Waals surface area contributed by atoms with Gasteiger partial charge in [0.15, 0.2) is 0 Å². The first-order valence-electron chi connectivity index (χ1n) is 7.13. The maximum Gasteiger partial charge on any atom is 0.305 e. The summed E-state index contributed by atoms with van der Waals surface area (Å²) in [5.41, 5.74) is 1.30. The van der Waals surface area contributed by atoms with Crippen LogP contribution in [0.1, 0.15) is 24.8 Å². The van der Waals surface area contributed by atoms with E-state index in [1.54, 1.807) is 7.11 Å². The first-order chi connectivity index (χ1) is 9.71. The highest BCUT2D eigenvalue weighted by Crippen LogP contribution is 2.22. The maximum atomic E-state index is 11.3. The number of carbonyl (C=O) groups excluding carboxylic acids is 1. The van der Waals surface area contributed by atoms with Gasteiger partial charge in [0.05, 0.1) is 14.2 Å². The van der Waals surface area contributed by atoms with E-state index in [1.165, 1.54) is 12.7 Å². The van der Waals surface area contributed by atoms with Crippen LogP contribution in [0.3, 0.4) is 0 Å². The van der Waals surface area contributed by atoms with Crippen molar-refractivity contribution in [2.45, 2.75) is 25.8 Å². The summed E-state index contributed by atoms with van der Waals surface area (Å²) in [5, 5.41) is 0.